The van der Waals surface area contributed by atoms with Crippen LogP contribution in [0, 0.1) is 11.8 Å². The van der Waals surface area contributed by atoms with Crippen LogP contribution in [0.2, 0.25) is 0 Å². The van der Waals surface area contributed by atoms with Gasteiger partial charge in [-0.25, -0.2) is 4.98 Å². The van der Waals surface area contributed by atoms with Crippen molar-refractivity contribution in [2.24, 2.45) is 11.8 Å². The Morgan fingerprint density at radius 3 is 2.61 bits per heavy atom. The normalized spacial score (nSPS) is 35.4. The molecule has 0 bridgehead atoms. The minimum atomic E-state index is -0.656. The first-order valence-corrected chi connectivity index (χ1v) is 7.71. The van der Waals surface area contributed by atoms with E-state index in [2.05, 4.69) is 20.9 Å². The monoisotopic (exact) mass is 331 g/mol. The number of ether oxygens (including phenoxy) is 1. The summed E-state index contributed by atoms with van der Waals surface area (Å²) in [5, 5.41) is 10.1. The molecule has 18 heavy (non-hydrogen) atoms. The maximum Gasteiger partial charge on any atom is 0.306 e. The van der Waals surface area contributed by atoms with Gasteiger partial charge in [-0.05, 0) is 47.5 Å². The molecule has 1 aromatic rings. The van der Waals surface area contributed by atoms with Gasteiger partial charge in [-0.3, -0.25) is 4.79 Å². The van der Waals surface area contributed by atoms with Crippen molar-refractivity contribution in [1.29, 1.82) is 0 Å². The van der Waals surface area contributed by atoms with E-state index in [0.717, 1.165) is 41.1 Å². The molecular formula is C12H14BrNO3S. The van der Waals surface area contributed by atoms with E-state index < -0.39 is 5.97 Å². The second-order valence-corrected chi connectivity index (χ2v) is 7.44. The molecular weight excluding hydrogens is 318 g/mol. The third-order valence-electron chi connectivity index (χ3n) is 4.03. The molecule has 0 aromatic carbocycles. The number of carboxylic acids is 1. The molecule has 1 saturated carbocycles. The van der Waals surface area contributed by atoms with Crippen molar-refractivity contribution >= 4 is 33.2 Å². The second kappa shape index (κ2) is 4.58. The predicted octanol–water partition coefficient (Wildman–Crippen LogP) is 3.02. The highest BCUT2D eigenvalue weighted by molar-refractivity contribution is 9.11. The molecule has 1 unspecified atom stereocenters. The van der Waals surface area contributed by atoms with Gasteiger partial charge in [-0.1, -0.05) is 0 Å². The summed E-state index contributed by atoms with van der Waals surface area (Å²) in [6.45, 7) is 0.732. The minimum absolute atomic E-state index is 0.167. The van der Waals surface area contributed by atoms with E-state index in [4.69, 9.17) is 9.84 Å². The van der Waals surface area contributed by atoms with Crippen molar-refractivity contribution in [2.45, 2.75) is 31.3 Å². The Kier molecular flexibility index (Phi) is 3.20. The maximum atomic E-state index is 11.0. The zero-order valence-corrected chi connectivity index (χ0v) is 12.2. The Morgan fingerprint density at radius 2 is 2.17 bits per heavy atom. The number of rotatable bonds is 3. The third-order valence-corrected chi connectivity index (χ3v) is 5.67. The summed E-state index contributed by atoms with van der Waals surface area (Å²) < 4.78 is 6.73. The highest BCUT2D eigenvalue weighted by Crippen LogP contribution is 2.52. The van der Waals surface area contributed by atoms with Gasteiger partial charge in [0.25, 0.3) is 0 Å². The highest BCUT2D eigenvalue weighted by atomic mass is 79.9. The van der Waals surface area contributed by atoms with Crippen molar-refractivity contribution < 1.29 is 14.6 Å². The van der Waals surface area contributed by atoms with E-state index in [1.807, 2.05) is 6.20 Å². The fourth-order valence-electron chi connectivity index (χ4n) is 2.87. The molecule has 1 aliphatic carbocycles. The van der Waals surface area contributed by atoms with Gasteiger partial charge in [0.05, 0.1) is 22.5 Å². The summed E-state index contributed by atoms with van der Waals surface area (Å²) in [7, 11) is 0. The molecule has 2 fully saturated rings. The van der Waals surface area contributed by atoms with Gasteiger partial charge >= 0.3 is 5.97 Å². The topological polar surface area (TPSA) is 62.7 Å². The number of aliphatic carboxylic acids is 1. The molecule has 0 spiro atoms. The molecule has 2 heterocycles. The van der Waals surface area contributed by atoms with Crippen LogP contribution in [0.5, 0.6) is 0 Å². The zero-order valence-electron chi connectivity index (χ0n) is 9.76. The molecule has 1 aromatic heterocycles. The van der Waals surface area contributed by atoms with E-state index in [1.54, 1.807) is 11.3 Å². The summed E-state index contributed by atoms with van der Waals surface area (Å²) in [6, 6.07) is 0. The number of thiazole rings is 1. The first-order chi connectivity index (χ1) is 8.62. The Hall–Kier alpha value is -0.460. The number of nitrogens with zero attached hydrogens (tertiary/aromatic N) is 1. The summed E-state index contributed by atoms with van der Waals surface area (Å²) in [4.78, 5) is 15.4. The van der Waals surface area contributed by atoms with Gasteiger partial charge in [-0.15, -0.1) is 11.3 Å². The molecule has 98 valence electrons. The van der Waals surface area contributed by atoms with Crippen molar-refractivity contribution in [3.05, 3.63) is 15.0 Å². The SMILES string of the molecule is O=C(O)C1CCC(C2(c3ncc(Br)s3)CO2)CC1. The molecule has 0 radical (unpaired) electrons. The Labute approximate surface area is 118 Å². The van der Waals surface area contributed by atoms with Crippen LogP contribution in [0.1, 0.15) is 30.7 Å². The molecule has 1 aliphatic heterocycles. The largest absolute Gasteiger partial charge is 0.481 e. The van der Waals surface area contributed by atoms with Gasteiger partial charge in [0.15, 0.2) is 0 Å². The first-order valence-electron chi connectivity index (χ1n) is 6.10. The van der Waals surface area contributed by atoms with Crippen LogP contribution < -0.4 is 0 Å². The minimum Gasteiger partial charge on any atom is -0.481 e. The van der Waals surface area contributed by atoms with Crippen LogP contribution in [0.4, 0.5) is 0 Å². The Morgan fingerprint density at radius 1 is 1.50 bits per heavy atom. The van der Waals surface area contributed by atoms with Crippen LogP contribution in [0.3, 0.4) is 0 Å². The average molecular weight is 332 g/mol. The smallest absolute Gasteiger partial charge is 0.306 e. The molecule has 1 atom stereocenters. The summed E-state index contributed by atoms with van der Waals surface area (Å²) in [6.07, 6.45) is 5.18. The van der Waals surface area contributed by atoms with Crippen LogP contribution in [0.15, 0.2) is 9.98 Å². The van der Waals surface area contributed by atoms with Gasteiger partial charge in [-0.2, -0.15) is 0 Å². The standard InChI is InChI=1S/C12H14BrNO3S/c13-9-5-14-11(18-9)12(6-17-12)8-3-1-7(2-4-8)10(15)16/h5,7-8H,1-4,6H2,(H,15,16). The quantitative estimate of drug-likeness (QED) is 0.865. The van der Waals surface area contributed by atoms with Crippen LogP contribution in [0.25, 0.3) is 0 Å². The number of halogens is 1. The van der Waals surface area contributed by atoms with Gasteiger partial charge in [0, 0.05) is 0 Å². The average Bonchev–Trinajstić information content (AvgIpc) is 3.07. The lowest BCUT2D eigenvalue weighted by atomic mass is 9.76. The molecule has 6 heteroatoms. The van der Waals surface area contributed by atoms with Crippen molar-refractivity contribution in [2.75, 3.05) is 6.61 Å². The van der Waals surface area contributed by atoms with Gasteiger partial charge in [0.1, 0.15) is 10.6 Å². The second-order valence-electron chi connectivity index (χ2n) is 5.03. The number of aromatic nitrogens is 1. The molecule has 4 nitrogen and oxygen atoms in total. The Bertz CT molecular complexity index is 464. The number of hydrogen-bond acceptors (Lipinski definition) is 4. The number of carboxylic acid groups (broad SMARTS) is 1. The fraction of sp³-hybridized carbons (Fsp3) is 0.667. The highest BCUT2D eigenvalue weighted by Gasteiger charge is 2.55. The van der Waals surface area contributed by atoms with Gasteiger partial charge < -0.3 is 9.84 Å². The number of epoxide rings is 1. The molecule has 3 rings (SSSR count). The van der Waals surface area contributed by atoms with Crippen LogP contribution in [-0.4, -0.2) is 22.7 Å². The van der Waals surface area contributed by atoms with Crippen molar-refractivity contribution in [3.8, 4) is 0 Å². The first kappa shape index (κ1) is 12.6. The maximum absolute atomic E-state index is 11.0. The lowest BCUT2D eigenvalue weighted by molar-refractivity contribution is -0.143. The molecule has 0 amide bonds. The molecule has 2 aliphatic rings. The third kappa shape index (κ3) is 2.10. The summed E-state index contributed by atoms with van der Waals surface area (Å²) in [5.41, 5.74) is -0.208. The van der Waals surface area contributed by atoms with E-state index in [-0.39, 0.29) is 11.5 Å². The number of hydrogen-bond donors (Lipinski definition) is 1. The predicted molar refractivity (Wildman–Crippen MR) is 70.5 cm³/mol. The molecule has 1 N–H and O–H groups in total. The van der Waals surface area contributed by atoms with Gasteiger partial charge in [0.2, 0.25) is 0 Å². The van der Waals surface area contributed by atoms with Crippen LogP contribution in [-0.2, 0) is 15.1 Å². The molecule has 1 saturated heterocycles. The van der Waals surface area contributed by atoms with E-state index in [1.165, 1.54) is 0 Å². The van der Waals surface area contributed by atoms with E-state index >= 15 is 0 Å². The van der Waals surface area contributed by atoms with Crippen LogP contribution >= 0.6 is 27.3 Å². The van der Waals surface area contributed by atoms with E-state index in [0.29, 0.717) is 5.92 Å². The van der Waals surface area contributed by atoms with E-state index in [9.17, 15) is 4.79 Å². The lowest BCUT2D eigenvalue weighted by Gasteiger charge is -2.29. The number of carbonyl (C=O) groups is 1. The van der Waals surface area contributed by atoms with Crippen molar-refractivity contribution in [3.63, 3.8) is 0 Å². The lowest BCUT2D eigenvalue weighted by Crippen LogP contribution is -2.29. The van der Waals surface area contributed by atoms with Crippen molar-refractivity contribution in [1.82, 2.24) is 4.98 Å². The Balaban J connectivity index is 1.71. The summed E-state index contributed by atoms with van der Waals surface area (Å²) in [5.74, 6) is -0.401. The zero-order chi connectivity index (χ0) is 12.8. The fourth-order valence-corrected chi connectivity index (χ4v) is 4.28. The summed E-state index contributed by atoms with van der Waals surface area (Å²) >= 11 is 5.05.